The fourth-order valence-electron chi connectivity index (χ4n) is 4.42. The first kappa shape index (κ1) is 17.2. The van der Waals surface area contributed by atoms with E-state index in [1.165, 1.54) is 25.7 Å². The standard InChI is InChI=1S/C18H34O3/c1-13(20-4)21-17-11-7-15(8-12-17)18(2,3)14-5-9-16(19)10-6-14/h13-17,19H,5-12H2,1-4H3. The smallest absolute Gasteiger partial charge is 0.154 e. The number of aliphatic hydroxyl groups excluding tert-OH is 1. The highest BCUT2D eigenvalue weighted by Crippen LogP contribution is 2.48. The van der Waals surface area contributed by atoms with Crippen LogP contribution in [-0.4, -0.2) is 30.7 Å². The molecule has 2 fully saturated rings. The van der Waals surface area contributed by atoms with Crippen molar-refractivity contribution >= 4 is 0 Å². The summed E-state index contributed by atoms with van der Waals surface area (Å²) in [6, 6.07) is 0. The second-order valence-electron chi connectivity index (χ2n) is 7.74. The zero-order valence-corrected chi connectivity index (χ0v) is 14.3. The normalized spacial score (nSPS) is 36.4. The summed E-state index contributed by atoms with van der Waals surface area (Å²) >= 11 is 0. The summed E-state index contributed by atoms with van der Waals surface area (Å²) in [6.07, 6.45) is 9.51. The van der Waals surface area contributed by atoms with Crippen LogP contribution in [0.2, 0.25) is 0 Å². The molecular weight excluding hydrogens is 264 g/mol. The first-order chi connectivity index (χ1) is 9.93. The van der Waals surface area contributed by atoms with Gasteiger partial charge < -0.3 is 14.6 Å². The van der Waals surface area contributed by atoms with Crippen molar-refractivity contribution < 1.29 is 14.6 Å². The van der Waals surface area contributed by atoms with Gasteiger partial charge in [-0.1, -0.05) is 13.8 Å². The molecule has 0 radical (unpaired) electrons. The van der Waals surface area contributed by atoms with Gasteiger partial charge in [-0.2, -0.15) is 0 Å². The Hall–Kier alpha value is -0.120. The van der Waals surface area contributed by atoms with Gasteiger partial charge in [0.2, 0.25) is 0 Å². The van der Waals surface area contributed by atoms with E-state index in [0.717, 1.165) is 37.5 Å². The fourth-order valence-corrected chi connectivity index (χ4v) is 4.42. The van der Waals surface area contributed by atoms with Crippen LogP contribution in [0, 0.1) is 17.3 Å². The Morgan fingerprint density at radius 3 is 1.86 bits per heavy atom. The molecule has 2 aliphatic carbocycles. The van der Waals surface area contributed by atoms with Crippen molar-refractivity contribution in [3.63, 3.8) is 0 Å². The van der Waals surface area contributed by atoms with Gasteiger partial charge in [-0.3, -0.25) is 0 Å². The van der Waals surface area contributed by atoms with E-state index in [4.69, 9.17) is 9.47 Å². The minimum absolute atomic E-state index is 0.0447. The maximum Gasteiger partial charge on any atom is 0.154 e. The van der Waals surface area contributed by atoms with Crippen LogP contribution >= 0.6 is 0 Å². The van der Waals surface area contributed by atoms with Gasteiger partial charge >= 0.3 is 0 Å². The van der Waals surface area contributed by atoms with E-state index < -0.39 is 0 Å². The molecule has 2 aliphatic rings. The van der Waals surface area contributed by atoms with Crippen LogP contribution < -0.4 is 0 Å². The Bertz CT molecular complexity index is 300. The highest BCUT2D eigenvalue weighted by atomic mass is 16.7. The summed E-state index contributed by atoms with van der Waals surface area (Å²) in [6.45, 7) is 6.89. The summed E-state index contributed by atoms with van der Waals surface area (Å²) in [5, 5.41) is 9.72. The van der Waals surface area contributed by atoms with Crippen LogP contribution in [0.5, 0.6) is 0 Å². The first-order valence-electron chi connectivity index (χ1n) is 8.79. The van der Waals surface area contributed by atoms with Crippen molar-refractivity contribution in [3.8, 4) is 0 Å². The lowest BCUT2D eigenvalue weighted by Crippen LogP contribution is -2.39. The molecule has 0 aromatic carbocycles. The van der Waals surface area contributed by atoms with E-state index in [1.807, 2.05) is 6.92 Å². The quantitative estimate of drug-likeness (QED) is 0.776. The third-order valence-corrected chi connectivity index (χ3v) is 6.19. The van der Waals surface area contributed by atoms with Crippen LogP contribution in [0.15, 0.2) is 0 Å². The van der Waals surface area contributed by atoms with Crippen LogP contribution in [0.1, 0.15) is 72.1 Å². The third kappa shape index (κ3) is 4.43. The maximum absolute atomic E-state index is 9.72. The largest absolute Gasteiger partial charge is 0.393 e. The monoisotopic (exact) mass is 298 g/mol. The predicted octanol–water partition coefficient (Wildman–Crippen LogP) is 4.13. The zero-order chi connectivity index (χ0) is 15.5. The van der Waals surface area contributed by atoms with Gasteiger partial charge in [0.25, 0.3) is 0 Å². The Labute approximate surface area is 130 Å². The van der Waals surface area contributed by atoms with Crippen LogP contribution in [0.4, 0.5) is 0 Å². The summed E-state index contributed by atoms with van der Waals surface area (Å²) < 4.78 is 11.1. The average molecular weight is 298 g/mol. The topological polar surface area (TPSA) is 38.7 Å². The van der Waals surface area contributed by atoms with Gasteiger partial charge in [-0.05, 0) is 75.5 Å². The molecule has 21 heavy (non-hydrogen) atoms. The molecule has 0 aromatic rings. The Kier molecular flexibility index (Phi) is 6.10. The van der Waals surface area contributed by atoms with Gasteiger partial charge in [0.1, 0.15) is 0 Å². The Balaban J connectivity index is 1.82. The van der Waals surface area contributed by atoms with Gasteiger partial charge in [0.15, 0.2) is 6.29 Å². The lowest BCUT2D eigenvalue weighted by molar-refractivity contribution is -0.156. The average Bonchev–Trinajstić information content (AvgIpc) is 2.48. The van der Waals surface area contributed by atoms with Crippen molar-refractivity contribution in [1.29, 1.82) is 0 Å². The second kappa shape index (κ2) is 7.43. The summed E-state index contributed by atoms with van der Waals surface area (Å²) in [4.78, 5) is 0. The van der Waals surface area contributed by atoms with E-state index in [-0.39, 0.29) is 12.4 Å². The molecule has 0 aromatic heterocycles. The van der Waals surface area contributed by atoms with Crippen molar-refractivity contribution in [2.24, 2.45) is 17.3 Å². The summed E-state index contributed by atoms with van der Waals surface area (Å²) in [5.41, 5.74) is 0.401. The van der Waals surface area contributed by atoms with Crippen LogP contribution in [0.25, 0.3) is 0 Å². The molecule has 0 saturated heterocycles. The number of methoxy groups -OCH3 is 1. The van der Waals surface area contributed by atoms with E-state index in [2.05, 4.69) is 13.8 Å². The Morgan fingerprint density at radius 1 is 0.905 bits per heavy atom. The second-order valence-corrected chi connectivity index (χ2v) is 7.74. The molecule has 1 atom stereocenters. The highest BCUT2D eigenvalue weighted by Gasteiger charge is 2.40. The molecule has 2 rings (SSSR count). The molecule has 0 aliphatic heterocycles. The van der Waals surface area contributed by atoms with Gasteiger partial charge in [0, 0.05) is 7.11 Å². The molecule has 1 N–H and O–H groups in total. The van der Waals surface area contributed by atoms with Gasteiger partial charge in [-0.15, -0.1) is 0 Å². The van der Waals surface area contributed by atoms with E-state index in [9.17, 15) is 5.11 Å². The van der Waals surface area contributed by atoms with Crippen molar-refractivity contribution in [3.05, 3.63) is 0 Å². The van der Waals surface area contributed by atoms with E-state index >= 15 is 0 Å². The number of aliphatic hydroxyl groups is 1. The molecule has 0 spiro atoms. The maximum atomic E-state index is 9.72. The minimum atomic E-state index is -0.0839. The predicted molar refractivity (Wildman–Crippen MR) is 85.0 cm³/mol. The van der Waals surface area contributed by atoms with E-state index in [1.54, 1.807) is 7.11 Å². The lowest BCUT2D eigenvalue weighted by Gasteiger charge is -2.46. The molecule has 124 valence electrons. The number of hydrogen-bond donors (Lipinski definition) is 1. The molecule has 3 heteroatoms. The molecule has 3 nitrogen and oxygen atoms in total. The lowest BCUT2D eigenvalue weighted by atomic mass is 9.60. The molecule has 1 unspecified atom stereocenters. The van der Waals surface area contributed by atoms with Gasteiger partial charge in [-0.25, -0.2) is 0 Å². The van der Waals surface area contributed by atoms with Gasteiger partial charge in [0.05, 0.1) is 12.2 Å². The molecule has 2 saturated carbocycles. The molecule has 0 heterocycles. The SMILES string of the molecule is COC(C)OC1CCC(C(C)(C)C2CCC(O)CC2)CC1. The Morgan fingerprint density at radius 2 is 1.38 bits per heavy atom. The summed E-state index contributed by atoms with van der Waals surface area (Å²) in [5.74, 6) is 1.58. The number of ether oxygens (including phenoxy) is 2. The third-order valence-electron chi connectivity index (χ3n) is 6.19. The van der Waals surface area contributed by atoms with Crippen molar-refractivity contribution in [1.82, 2.24) is 0 Å². The summed E-state index contributed by atoms with van der Waals surface area (Å²) in [7, 11) is 1.71. The minimum Gasteiger partial charge on any atom is -0.393 e. The highest BCUT2D eigenvalue weighted by molar-refractivity contribution is 4.90. The molecule has 0 amide bonds. The van der Waals surface area contributed by atoms with Crippen molar-refractivity contribution in [2.75, 3.05) is 7.11 Å². The van der Waals surface area contributed by atoms with Crippen molar-refractivity contribution in [2.45, 2.75) is 90.6 Å². The van der Waals surface area contributed by atoms with E-state index in [0.29, 0.717) is 11.5 Å². The fraction of sp³-hybridized carbons (Fsp3) is 1.00. The first-order valence-corrected chi connectivity index (χ1v) is 8.79. The molecule has 0 bridgehead atoms. The van der Waals surface area contributed by atoms with Crippen LogP contribution in [-0.2, 0) is 9.47 Å². The zero-order valence-electron chi connectivity index (χ0n) is 14.3. The molecular formula is C18H34O3. The number of rotatable bonds is 5. The number of hydrogen-bond acceptors (Lipinski definition) is 3. The van der Waals surface area contributed by atoms with Crippen LogP contribution in [0.3, 0.4) is 0 Å².